The summed E-state index contributed by atoms with van der Waals surface area (Å²) < 4.78 is 64.7. The Morgan fingerprint density at radius 3 is 2.11 bits per heavy atom. The van der Waals surface area contributed by atoms with Gasteiger partial charge in [0.25, 0.3) is 0 Å². The summed E-state index contributed by atoms with van der Waals surface area (Å²) in [6.45, 7) is 0. The predicted molar refractivity (Wildman–Crippen MR) is 93.6 cm³/mol. The standard InChI is InChI=1S/C20H28F2O4S/c1-27(23,24)19(21,22)9-13-7-12-8-16(13)18-17(12)25-20(26-18)14-3-10-2-11(5-14)6-15(20)4-10/h10-18H,2-9H2,1H3. The van der Waals surface area contributed by atoms with Crippen molar-refractivity contribution in [2.45, 2.75) is 74.6 Å². The van der Waals surface area contributed by atoms with Crippen LogP contribution in [0.5, 0.6) is 0 Å². The van der Waals surface area contributed by atoms with E-state index in [4.69, 9.17) is 9.47 Å². The van der Waals surface area contributed by atoms with Gasteiger partial charge in [-0.1, -0.05) is 0 Å². The van der Waals surface area contributed by atoms with E-state index in [0.29, 0.717) is 24.5 Å². The summed E-state index contributed by atoms with van der Waals surface area (Å²) in [4.78, 5) is 0. The second kappa shape index (κ2) is 5.25. The van der Waals surface area contributed by atoms with E-state index in [2.05, 4.69) is 0 Å². The minimum absolute atomic E-state index is 0.0178. The van der Waals surface area contributed by atoms with E-state index in [1.54, 1.807) is 0 Å². The predicted octanol–water partition coefficient (Wildman–Crippen LogP) is 3.61. The van der Waals surface area contributed by atoms with Crippen molar-refractivity contribution in [3.63, 3.8) is 0 Å². The lowest BCUT2D eigenvalue weighted by atomic mass is 9.53. The fraction of sp³-hybridized carbons (Fsp3) is 1.00. The topological polar surface area (TPSA) is 52.6 Å². The van der Waals surface area contributed by atoms with Gasteiger partial charge in [0.15, 0.2) is 5.79 Å². The average molecular weight is 403 g/mol. The largest absolute Gasteiger partial charge is 0.345 e. The molecule has 0 radical (unpaired) electrons. The maximum atomic E-state index is 14.2. The van der Waals surface area contributed by atoms with Crippen molar-refractivity contribution in [3.8, 4) is 0 Å². The lowest BCUT2D eigenvalue weighted by Gasteiger charge is -2.58. The minimum atomic E-state index is -4.37. The Balaban J connectivity index is 1.24. The summed E-state index contributed by atoms with van der Waals surface area (Å²) in [5.74, 6) is 2.10. The third kappa shape index (κ3) is 2.28. The van der Waals surface area contributed by atoms with E-state index in [0.717, 1.165) is 18.3 Å². The molecule has 0 N–H and O–H groups in total. The summed E-state index contributed by atoms with van der Waals surface area (Å²) in [5.41, 5.74) is 0. The Kier molecular flexibility index (Phi) is 3.42. The molecule has 6 aliphatic carbocycles. The Morgan fingerprint density at radius 2 is 1.52 bits per heavy atom. The molecule has 7 rings (SSSR count). The van der Waals surface area contributed by atoms with Crippen LogP contribution in [0.25, 0.3) is 0 Å². The average Bonchev–Trinajstić information content (AvgIpc) is 3.20. The van der Waals surface area contributed by atoms with Crippen molar-refractivity contribution in [1.29, 1.82) is 0 Å². The molecular weight excluding hydrogens is 374 g/mol. The van der Waals surface area contributed by atoms with Gasteiger partial charge in [-0.3, -0.25) is 0 Å². The van der Waals surface area contributed by atoms with Gasteiger partial charge in [-0.05, 0) is 74.5 Å². The highest BCUT2D eigenvalue weighted by Crippen LogP contribution is 2.66. The van der Waals surface area contributed by atoms with Gasteiger partial charge in [0.05, 0.1) is 12.2 Å². The van der Waals surface area contributed by atoms with Crippen molar-refractivity contribution in [2.75, 3.05) is 6.26 Å². The van der Waals surface area contributed by atoms with Gasteiger partial charge in [0, 0.05) is 24.5 Å². The summed E-state index contributed by atoms with van der Waals surface area (Å²) in [6, 6.07) is 0. The van der Waals surface area contributed by atoms with Crippen LogP contribution in [0.2, 0.25) is 0 Å². The SMILES string of the molecule is CS(=O)(=O)C(F)(F)CC1CC2CC1C1OC3(OC21)C1CC2CC(C1)CC3C2. The number of sulfone groups is 1. The van der Waals surface area contributed by atoms with Crippen LogP contribution in [-0.4, -0.2) is 37.9 Å². The van der Waals surface area contributed by atoms with Crippen molar-refractivity contribution in [1.82, 2.24) is 0 Å². The van der Waals surface area contributed by atoms with Crippen LogP contribution in [0.1, 0.15) is 51.4 Å². The molecule has 7 fully saturated rings. The zero-order valence-corrected chi connectivity index (χ0v) is 16.5. The molecule has 1 saturated heterocycles. The third-order valence-electron chi connectivity index (χ3n) is 8.96. The van der Waals surface area contributed by atoms with Crippen LogP contribution < -0.4 is 0 Å². The number of halogens is 2. The van der Waals surface area contributed by atoms with Gasteiger partial charge in [-0.2, -0.15) is 8.78 Å². The number of ether oxygens (including phenoxy) is 2. The quantitative estimate of drug-likeness (QED) is 0.724. The second-order valence-electron chi connectivity index (χ2n) is 10.5. The molecule has 5 unspecified atom stereocenters. The number of hydrogen-bond acceptors (Lipinski definition) is 4. The second-order valence-corrected chi connectivity index (χ2v) is 12.6. The van der Waals surface area contributed by atoms with E-state index in [1.807, 2.05) is 0 Å². The smallest absolute Gasteiger partial charge is 0.343 e. The number of alkyl halides is 2. The first-order chi connectivity index (χ1) is 12.7. The highest BCUT2D eigenvalue weighted by molar-refractivity contribution is 7.91. The van der Waals surface area contributed by atoms with Crippen LogP contribution >= 0.6 is 0 Å². The molecule has 27 heavy (non-hydrogen) atoms. The molecule has 0 aromatic rings. The molecule has 152 valence electrons. The molecule has 6 bridgehead atoms. The van der Waals surface area contributed by atoms with Crippen molar-refractivity contribution in [2.24, 2.45) is 41.4 Å². The van der Waals surface area contributed by atoms with Crippen molar-refractivity contribution < 1.29 is 26.7 Å². The first-order valence-electron chi connectivity index (χ1n) is 10.6. The molecule has 1 aliphatic heterocycles. The molecule has 7 heteroatoms. The first kappa shape index (κ1) is 17.6. The Morgan fingerprint density at radius 1 is 0.926 bits per heavy atom. The summed E-state index contributed by atoms with van der Waals surface area (Å²) in [7, 11) is -4.37. The zero-order valence-electron chi connectivity index (χ0n) is 15.7. The molecule has 7 aliphatic rings. The van der Waals surface area contributed by atoms with Crippen LogP contribution in [0, 0.1) is 41.4 Å². The van der Waals surface area contributed by atoms with Gasteiger partial charge in [0.2, 0.25) is 9.84 Å². The highest BCUT2D eigenvalue weighted by atomic mass is 32.2. The lowest BCUT2D eigenvalue weighted by Crippen LogP contribution is -2.59. The summed E-state index contributed by atoms with van der Waals surface area (Å²) in [6.07, 6.45) is 7.63. The molecule has 0 aromatic carbocycles. The molecule has 6 saturated carbocycles. The fourth-order valence-corrected chi connectivity index (χ4v) is 8.59. The molecule has 5 atom stereocenters. The molecule has 4 nitrogen and oxygen atoms in total. The Labute approximate surface area is 159 Å². The van der Waals surface area contributed by atoms with Gasteiger partial charge >= 0.3 is 5.25 Å². The first-order valence-corrected chi connectivity index (χ1v) is 12.5. The van der Waals surface area contributed by atoms with Crippen LogP contribution in [0.4, 0.5) is 8.78 Å². The van der Waals surface area contributed by atoms with E-state index >= 15 is 0 Å². The normalized spacial score (nSPS) is 55.6. The Bertz CT molecular complexity index is 738. The van der Waals surface area contributed by atoms with Crippen LogP contribution in [0.15, 0.2) is 0 Å². The molecule has 1 heterocycles. The van der Waals surface area contributed by atoms with E-state index in [9.17, 15) is 17.2 Å². The summed E-state index contributed by atoms with van der Waals surface area (Å²) >= 11 is 0. The van der Waals surface area contributed by atoms with Crippen molar-refractivity contribution in [3.05, 3.63) is 0 Å². The van der Waals surface area contributed by atoms with Gasteiger partial charge in [-0.15, -0.1) is 0 Å². The summed E-state index contributed by atoms with van der Waals surface area (Å²) in [5, 5.41) is -3.64. The molecule has 0 amide bonds. The Hall–Kier alpha value is -0.270. The highest BCUT2D eigenvalue weighted by Gasteiger charge is 2.69. The molecule has 1 spiro atoms. The molecular formula is C20H28F2O4S. The van der Waals surface area contributed by atoms with E-state index < -0.39 is 27.3 Å². The van der Waals surface area contributed by atoms with Gasteiger partial charge < -0.3 is 9.47 Å². The molecule has 0 aromatic heterocycles. The third-order valence-corrected chi connectivity index (χ3v) is 10.2. The lowest BCUT2D eigenvalue weighted by molar-refractivity contribution is -0.304. The number of rotatable bonds is 3. The monoisotopic (exact) mass is 402 g/mol. The van der Waals surface area contributed by atoms with Crippen LogP contribution in [0.3, 0.4) is 0 Å². The van der Waals surface area contributed by atoms with E-state index in [1.165, 1.54) is 32.1 Å². The minimum Gasteiger partial charge on any atom is -0.343 e. The van der Waals surface area contributed by atoms with E-state index in [-0.39, 0.29) is 30.0 Å². The number of hydrogen-bond donors (Lipinski definition) is 0. The van der Waals surface area contributed by atoms with Crippen LogP contribution in [-0.2, 0) is 19.3 Å². The maximum absolute atomic E-state index is 14.2. The fourth-order valence-electron chi connectivity index (χ4n) is 8.07. The maximum Gasteiger partial charge on any atom is 0.345 e. The number of fused-ring (bicyclic) bond motifs is 5. The van der Waals surface area contributed by atoms with Gasteiger partial charge in [0.1, 0.15) is 0 Å². The van der Waals surface area contributed by atoms with Crippen molar-refractivity contribution >= 4 is 9.84 Å². The van der Waals surface area contributed by atoms with Gasteiger partial charge in [-0.25, -0.2) is 8.42 Å². The zero-order chi connectivity index (χ0) is 18.8.